The Labute approximate surface area is 93.1 Å². The van der Waals surface area contributed by atoms with Crippen LogP contribution in [-0.2, 0) is 0 Å². The molecule has 1 N–H and O–H groups in total. The van der Waals surface area contributed by atoms with Crippen molar-refractivity contribution >= 4 is 22.6 Å². The molecule has 0 radical (unpaired) electrons. The quantitative estimate of drug-likeness (QED) is 0.622. The zero-order chi connectivity index (χ0) is 12.6. The maximum Gasteiger partial charge on any atom is 0.379 e. The average Bonchev–Trinajstić information content (AvgIpc) is 2.28. The van der Waals surface area contributed by atoms with Crippen LogP contribution in [0, 0.1) is 10.1 Å². The molecule has 1 heterocycles. The van der Waals surface area contributed by atoms with Crippen LogP contribution in [0.4, 0.5) is 5.69 Å². The molecule has 0 atom stereocenters. The lowest BCUT2D eigenvalue weighted by Crippen LogP contribution is -2.14. The fraction of sp³-hybridized carbons (Fsp3) is 0. The lowest BCUT2D eigenvalue weighted by molar-refractivity contribution is -0.387. The molecule has 0 spiro atoms. The number of carboxylic acids is 1. The number of hydrogen-bond acceptors (Lipinski definition) is 5. The summed E-state index contributed by atoms with van der Waals surface area (Å²) in [5.41, 5.74) is -2.02. The van der Waals surface area contributed by atoms with Gasteiger partial charge in [0, 0.05) is 0 Å². The van der Waals surface area contributed by atoms with Crippen LogP contribution in [0.15, 0.2) is 33.5 Å². The molecule has 7 heteroatoms. The Hall–Kier alpha value is -2.70. The van der Waals surface area contributed by atoms with Gasteiger partial charge < -0.3 is 9.52 Å². The van der Waals surface area contributed by atoms with Gasteiger partial charge in [-0.25, -0.2) is 4.79 Å². The number of carboxylic acid groups (broad SMARTS) is 1. The first kappa shape index (κ1) is 10.8. The summed E-state index contributed by atoms with van der Waals surface area (Å²) in [6, 6.07) is 5.73. The molecule has 1 aromatic heterocycles. The van der Waals surface area contributed by atoms with Gasteiger partial charge in [0.2, 0.25) is 0 Å². The average molecular weight is 235 g/mol. The van der Waals surface area contributed by atoms with Gasteiger partial charge in [-0.15, -0.1) is 0 Å². The molecule has 0 saturated carbocycles. The third-order valence-electron chi connectivity index (χ3n) is 2.15. The normalized spacial score (nSPS) is 10.4. The molecule has 0 aliphatic rings. The molecule has 0 amide bonds. The maximum atomic E-state index is 11.7. The first-order valence-electron chi connectivity index (χ1n) is 4.46. The summed E-state index contributed by atoms with van der Waals surface area (Å²) < 4.78 is 4.86. The highest BCUT2D eigenvalue weighted by molar-refractivity contribution is 5.92. The minimum absolute atomic E-state index is 0.000463. The van der Waals surface area contributed by atoms with E-state index < -0.39 is 27.8 Å². The predicted octanol–water partition coefficient (Wildman–Crippen LogP) is 1.40. The van der Waals surface area contributed by atoms with E-state index in [9.17, 15) is 19.7 Å². The van der Waals surface area contributed by atoms with E-state index >= 15 is 0 Å². The highest BCUT2D eigenvalue weighted by Gasteiger charge is 2.29. The zero-order valence-corrected chi connectivity index (χ0v) is 8.25. The van der Waals surface area contributed by atoms with Crippen LogP contribution < -0.4 is 5.43 Å². The highest BCUT2D eigenvalue weighted by atomic mass is 16.6. The lowest BCUT2D eigenvalue weighted by Gasteiger charge is -1.99. The van der Waals surface area contributed by atoms with E-state index in [0.29, 0.717) is 0 Å². The first-order chi connectivity index (χ1) is 8.02. The summed E-state index contributed by atoms with van der Waals surface area (Å²) in [5, 5.41) is 19.4. The van der Waals surface area contributed by atoms with Crippen molar-refractivity contribution < 1.29 is 19.2 Å². The lowest BCUT2D eigenvalue weighted by atomic mass is 10.2. The molecule has 17 heavy (non-hydrogen) atoms. The zero-order valence-electron chi connectivity index (χ0n) is 8.25. The topological polar surface area (TPSA) is 111 Å². The van der Waals surface area contributed by atoms with Crippen molar-refractivity contribution in [3.05, 3.63) is 50.4 Å². The van der Waals surface area contributed by atoms with E-state index in [2.05, 4.69) is 0 Å². The minimum Gasteiger partial charge on any atom is -0.475 e. The number of fused-ring (bicyclic) bond motifs is 1. The van der Waals surface area contributed by atoms with Gasteiger partial charge in [-0.1, -0.05) is 12.1 Å². The molecule has 1 aromatic carbocycles. The van der Waals surface area contributed by atoms with Gasteiger partial charge in [-0.2, -0.15) is 0 Å². The van der Waals surface area contributed by atoms with Gasteiger partial charge in [0.05, 0.1) is 10.3 Å². The second-order valence-electron chi connectivity index (χ2n) is 3.17. The van der Waals surface area contributed by atoms with Crippen LogP contribution in [0.2, 0.25) is 0 Å². The maximum absolute atomic E-state index is 11.7. The Morgan fingerprint density at radius 1 is 1.35 bits per heavy atom. The number of carbonyl (C=O) groups is 1. The van der Waals surface area contributed by atoms with Crippen LogP contribution in [0.25, 0.3) is 11.0 Å². The summed E-state index contributed by atoms with van der Waals surface area (Å²) in [6.45, 7) is 0. The summed E-state index contributed by atoms with van der Waals surface area (Å²) in [4.78, 5) is 32.1. The Bertz CT molecular complexity index is 687. The molecule has 2 rings (SSSR count). The molecule has 0 fully saturated rings. The summed E-state index contributed by atoms with van der Waals surface area (Å²) in [6.07, 6.45) is 0. The third kappa shape index (κ3) is 1.63. The standard InChI is InChI=1S/C10H5NO6/c12-8-5-3-1-2-4-6(5)17-9(10(13)14)7(8)11(15)16/h1-4H,(H,13,14). The summed E-state index contributed by atoms with van der Waals surface area (Å²) in [5.74, 6) is -2.61. The van der Waals surface area contributed by atoms with Crippen LogP contribution in [0.5, 0.6) is 0 Å². The van der Waals surface area contributed by atoms with Crippen molar-refractivity contribution in [2.45, 2.75) is 0 Å². The third-order valence-corrected chi connectivity index (χ3v) is 2.15. The molecule has 0 unspecified atom stereocenters. The molecule has 7 nitrogen and oxygen atoms in total. The fourth-order valence-corrected chi connectivity index (χ4v) is 1.44. The van der Waals surface area contributed by atoms with Crippen molar-refractivity contribution in [1.29, 1.82) is 0 Å². The highest BCUT2D eigenvalue weighted by Crippen LogP contribution is 2.20. The van der Waals surface area contributed by atoms with Crippen molar-refractivity contribution in [1.82, 2.24) is 0 Å². The number of benzene rings is 1. The molecular formula is C10H5NO6. The van der Waals surface area contributed by atoms with Gasteiger partial charge in [0.1, 0.15) is 5.58 Å². The SMILES string of the molecule is O=C(O)c1oc2ccccc2c(=O)c1[N+](=O)[O-]. The molecule has 0 saturated heterocycles. The number of nitro groups is 1. The largest absolute Gasteiger partial charge is 0.475 e. The fourth-order valence-electron chi connectivity index (χ4n) is 1.44. The van der Waals surface area contributed by atoms with Crippen molar-refractivity contribution in [2.24, 2.45) is 0 Å². The van der Waals surface area contributed by atoms with Crippen LogP contribution in [0.1, 0.15) is 10.6 Å². The van der Waals surface area contributed by atoms with E-state index in [1.54, 1.807) is 0 Å². The van der Waals surface area contributed by atoms with Crippen LogP contribution in [-0.4, -0.2) is 16.0 Å². The monoisotopic (exact) mass is 235 g/mol. The molecule has 86 valence electrons. The Morgan fingerprint density at radius 3 is 2.59 bits per heavy atom. The molecular weight excluding hydrogens is 230 g/mol. The number of rotatable bonds is 2. The molecule has 0 aliphatic carbocycles. The van der Waals surface area contributed by atoms with Crippen molar-refractivity contribution in [3.8, 4) is 0 Å². The predicted molar refractivity (Wildman–Crippen MR) is 56.1 cm³/mol. The summed E-state index contributed by atoms with van der Waals surface area (Å²) in [7, 11) is 0. The van der Waals surface area contributed by atoms with E-state index in [0.717, 1.165) is 0 Å². The minimum atomic E-state index is -1.65. The van der Waals surface area contributed by atoms with E-state index in [1.807, 2.05) is 0 Å². The second-order valence-corrected chi connectivity index (χ2v) is 3.17. The second kappa shape index (κ2) is 3.71. The Morgan fingerprint density at radius 2 is 2.00 bits per heavy atom. The number of para-hydroxylation sites is 1. The van der Waals surface area contributed by atoms with Gasteiger partial charge in [0.25, 0.3) is 11.2 Å². The molecule has 0 bridgehead atoms. The van der Waals surface area contributed by atoms with E-state index in [-0.39, 0.29) is 11.0 Å². The Kier molecular flexibility index (Phi) is 2.36. The van der Waals surface area contributed by atoms with Crippen molar-refractivity contribution in [3.63, 3.8) is 0 Å². The van der Waals surface area contributed by atoms with Gasteiger partial charge >= 0.3 is 11.7 Å². The molecule has 2 aromatic rings. The van der Waals surface area contributed by atoms with E-state index in [4.69, 9.17) is 9.52 Å². The summed E-state index contributed by atoms with van der Waals surface area (Å²) >= 11 is 0. The Balaban J connectivity index is 2.99. The number of nitrogens with zero attached hydrogens (tertiary/aromatic N) is 1. The molecule has 0 aliphatic heterocycles. The first-order valence-corrected chi connectivity index (χ1v) is 4.46. The number of hydrogen-bond donors (Lipinski definition) is 1. The van der Waals surface area contributed by atoms with Crippen LogP contribution >= 0.6 is 0 Å². The van der Waals surface area contributed by atoms with Gasteiger partial charge in [0.15, 0.2) is 0 Å². The van der Waals surface area contributed by atoms with Gasteiger partial charge in [-0.3, -0.25) is 14.9 Å². The van der Waals surface area contributed by atoms with Crippen LogP contribution in [0.3, 0.4) is 0 Å². The van der Waals surface area contributed by atoms with Crippen molar-refractivity contribution in [2.75, 3.05) is 0 Å². The number of aromatic carboxylic acids is 1. The van der Waals surface area contributed by atoms with Gasteiger partial charge in [-0.05, 0) is 12.1 Å². The van der Waals surface area contributed by atoms with E-state index in [1.165, 1.54) is 24.3 Å². The smallest absolute Gasteiger partial charge is 0.379 e.